The number of benzene rings is 4. The zero-order valence-corrected chi connectivity index (χ0v) is 21.2. The molecule has 1 N–H and O–H groups in total. The summed E-state index contributed by atoms with van der Waals surface area (Å²) in [5, 5.41) is 4.01. The van der Waals surface area contributed by atoms with Crippen molar-refractivity contribution >= 4 is 34.1 Å². The first kappa shape index (κ1) is 24.5. The van der Waals surface area contributed by atoms with Crippen molar-refractivity contribution in [1.82, 2.24) is 9.55 Å². The molecule has 0 radical (unpaired) electrons. The lowest BCUT2D eigenvalue weighted by Crippen LogP contribution is -2.26. The number of fused-ring (bicyclic) bond motifs is 1. The van der Waals surface area contributed by atoms with Crippen molar-refractivity contribution in [1.29, 1.82) is 0 Å². The number of nitrogens with one attached hydrogen (secondary N) is 1. The van der Waals surface area contributed by atoms with Gasteiger partial charge in [-0.15, -0.1) is 0 Å². The van der Waals surface area contributed by atoms with Crippen molar-refractivity contribution in [3.05, 3.63) is 129 Å². The second kappa shape index (κ2) is 10.8. The molecular formula is C31H26ClN3O2. The van der Waals surface area contributed by atoms with Gasteiger partial charge in [-0.05, 0) is 52.6 Å². The first-order valence-electron chi connectivity index (χ1n) is 12.2. The van der Waals surface area contributed by atoms with E-state index in [1.54, 1.807) is 29.7 Å². The van der Waals surface area contributed by atoms with Crippen LogP contribution in [0.3, 0.4) is 0 Å². The summed E-state index contributed by atoms with van der Waals surface area (Å²) in [6, 6.07) is 31.2. The predicted molar refractivity (Wildman–Crippen MR) is 150 cm³/mol. The molecule has 0 atom stereocenters. The van der Waals surface area contributed by atoms with E-state index in [0.717, 1.165) is 22.3 Å². The van der Waals surface area contributed by atoms with Gasteiger partial charge in [-0.3, -0.25) is 14.2 Å². The Morgan fingerprint density at radius 1 is 0.865 bits per heavy atom. The van der Waals surface area contributed by atoms with E-state index >= 15 is 0 Å². The number of halogens is 1. The van der Waals surface area contributed by atoms with Crippen molar-refractivity contribution in [2.24, 2.45) is 0 Å². The fraction of sp³-hybridized carbons (Fsp3) is 0.129. The van der Waals surface area contributed by atoms with Crippen LogP contribution in [0, 0.1) is 0 Å². The molecule has 1 amide bonds. The van der Waals surface area contributed by atoms with E-state index in [0.29, 0.717) is 46.8 Å². The Morgan fingerprint density at radius 2 is 1.54 bits per heavy atom. The van der Waals surface area contributed by atoms with E-state index in [2.05, 4.69) is 5.32 Å². The van der Waals surface area contributed by atoms with Gasteiger partial charge in [0.25, 0.3) is 5.56 Å². The number of hydrogen-bond acceptors (Lipinski definition) is 3. The summed E-state index contributed by atoms with van der Waals surface area (Å²) in [5.41, 5.74) is 5.29. The second-order valence-corrected chi connectivity index (χ2v) is 9.36. The standard InChI is InChI=1S/C31H26ClN3O2/c1-2-30(36)33-26-16-17-28-27(19-26)31(37)35(29(34-28)18-21-6-4-3-5-7-21)20-22-8-10-23(11-9-22)24-12-14-25(32)15-13-24/h3-17,19H,2,18,20H2,1H3,(H,33,36). The van der Waals surface area contributed by atoms with Gasteiger partial charge in [-0.2, -0.15) is 0 Å². The molecule has 4 aromatic carbocycles. The summed E-state index contributed by atoms with van der Waals surface area (Å²) in [6.07, 6.45) is 0.895. The Balaban J connectivity index is 1.54. The predicted octanol–water partition coefficient (Wildman–Crippen LogP) is 6.70. The maximum absolute atomic E-state index is 13.8. The van der Waals surface area contributed by atoms with E-state index in [1.807, 2.05) is 78.9 Å². The molecule has 0 spiro atoms. The van der Waals surface area contributed by atoms with Crippen molar-refractivity contribution < 1.29 is 4.79 Å². The van der Waals surface area contributed by atoms with Crippen LogP contribution >= 0.6 is 11.6 Å². The zero-order valence-electron chi connectivity index (χ0n) is 20.4. The number of nitrogens with zero attached hydrogens (tertiary/aromatic N) is 2. The largest absolute Gasteiger partial charge is 0.326 e. The number of rotatable bonds is 7. The van der Waals surface area contributed by atoms with Gasteiger partial charge in [0.2, 0.25) is 5.91 Å². The van der Waals surface area contributed by atoms with E-state index in [1.165, 1.54) is 0 Å². The van der Waals surface area contributed by atoms with Crippen LogP contribution in [0.15, 0.2) is 102 Å². The molecule has 5 rings (SSSR count). The zero-order chi connectivity index (χ0) is 25.8. The topological polar surface area (TPSA) is 64.0 Å². The Bertz CT molecular complexity index is 1610. The number of carbonyl (C=O) groups is 1. The van der Waals surface area contributed by atoms with Gasteiger partial charge in [0, 0.05) is 23.6 Å². The minimum absolute atomic E-state index is 0.103. The highest BCUT2D eigenvalue weighted by molar-refractivity contribution is 6.30. The summed E-state index contributed by atoms with van der Waals surface area (Å²) >= 11 is 6.03. The van der Waals surface area contributed by atoms with Crippen molar-refractivity contribution in [2.75, 3.05) is 5.32 Å². The van der Waals surface area contributed by atoms with Crippen molar-refractivity contribution in [3.8, 4) is 11.1 Å². The Hall–Kier alpha value is -4.22. The lowest BCUT2D eigenvalue weighted by atomic mass is 10.0. The fourth-order valence-electron chi connectivity index (χ4n) is 4.30. The van der Waals surface area contributed by atoms with E-state index in [4.69, 9.17) is 16.6 Å². The molecule has 0 aliphatic heterocycles. The van der Waals surface area contributed by atoms with E-state index in [-0.39, 0.29) is 11.5 Å². The highest BCUT2D eigenvalue weighted by Crippen LogP contribution is 2.23. The fourth-order valence-corrected chi connectivity index (χ4v) is 4.42. The van der Waals surface area contributed by atoms with Crippen LogP contribution in [0.5, 0.6) is 0 Å². The monoisotopic (exact) mass is 507 g/mol. The SMILES string of the molecule is CCC(=O)Nc1ccc2nc(Cc3ccccc3)n(Cc3ccc(-c4ccc(Cl)cc4)cc3)c(=O)c2c1. The van der Waals surface area contributed by atoms with Gasteiger partial charge < -0.3 is 5.32 Å². The summed E-state index contributed by atoms with van der Waals surface area (Å²) in [5.74, 6) is 0.588. The first-order valence-corrected chi connectivity index (χ1v) is 12.6. The third-order valence-corrected chi connectivity index (χ3v) is 6.57. The molecule has 0 unspecified atom stereocenters. The second-order valence-electron chi connectivity index (χ2n) is 8.92. The molecule has 1 heterocycles. The van der Waals surface area contributed by atoms with Crippen LogP contribution in [-0.2, 0) is 17.8 Å². The molecule has 184 valence electrons. The third-order valence-electron chi connectivity index (χ3n) is 6.32. The summed E-state index contributed by atoms with van der Waals surface area (Å²) in [6.45, 7) is 2.18. The molecule has 0 aliphatic rings. The molecule has 0 aliphatic carbocycles. The van der Waals surface area contributed by atoms with Crippen LogP contribution in [-0.4, -0.2) is 15.5 Å². The molecule has 5 nitrogen and oxygen atoms in total. The number of aromatic nitrogens is 2. The molecule has 0 bridgehead atoms. The Morgan fingerprint density at radius 3 is 2.22 bits per heavy atom. The normalized spacial score (nSPS) is 11.0. The number of carbonyl (C=O) groups excluding carboxylic acids is 1. The highest BCUT2D eigenvalue weighted by Gasteiger charge is 2.14. The first-order chi connectivity index (χ1) is 18.0. The van der Waals surface area contributed by atoms with Crippen molar-refractivity contribution in [3.63, 3.8) is 0 Å². The lowest BCUT2D eigenvalue weighted by Gasteiger charge is -2.15. The van der Waals surface area contributed by atoms with E-state index in [9.17, 15) is 9.59 Å². The number of anilines is 1. The minimum atomic E-state index is -0.134. The number of amides is 1. The van der Waals surface area contributed by atoms with Gasteiger partial charge in [-0.1, -0.05) is 85.3 Å². The molecule has 0 saturated carbocycles. The summed E-state index contributed by atoms with van der Waals surface area (Å²) in [4.78, 5) is 30.5. The maximum atomic E-state index is 13.8. The van der Waals surface area contributed by atoms with Crippen LogP contribution in [0.25, 0.3) is 22.0 Å². The molecule has 0 saturated heterocycles. The number of hydrogen-bond donors (Lipinski definition) is 1. The smallest absolute Gasteiger partial charge is 0.261 e. The minimum Gasteiger partial charge on any atom is -0.326 e. The van der Waals surface area contributed by atoms with E-state index < -0.39 is 0 Å². The molecule has 1 aromatic heterocycles. The quantitative estimate of drug-likeness (QED) is 0.266. The van der Waals surface area contributed by atoms with Gasteiger partial charge in [0.1, 0.15) is 5.82 Å². The summed E-state index contributed by atoms with van der Waals surface area (Å²) in [7, 11) is 0. The van der Waals surface area contributed by atoms with Crippen molar-refractivity contribution in [2.45, 2.75) is 26.3 Å². The molecule has 5 aromatic rings. The molecular weight excluding hydrogens is 482 g/mol. The average Bonchev–Trinajstić information content (AvgIpc) is 2.92. The molecule has 6 heteroatoms. The summed E-state index contributed by atoms with van der Waals surface area (Å²) < 4.78 is 1.73. The average molecular weight is 508 g/mol. The Kier molecular flexibility index (Phi) is 7.15. The van der Waals surface area contributed by atoms with Gasteiger partial charge in [-0.25, -0.2) is 4.98 Å². The van der Waals surface area contributed by atoms with Crippen LogP contribution in [0.1, 0.15) is 30.3 Å². The molecule has 0 fully saturated rings. The third kappa shape index (κ3) is 5.63. The van der Waals surface area contributed by atoms with Gasteiger partial charge in [0.15, 0.2) is 0 Å². The molecule has 37 heavy (non-hydrogen) atoms. The van der Waals surface area contributed by atoms with Crippen LogP contribution < -0.4 is 10.9 Å². The van der Waals surface area contributed by atoms with Crippen LogP contribution in [0.2, 0.25) is 5.02 Å². The van der Waals surface area contributed by atoms with Gasteiger partial charge >= 0.3 is 0 Å². The van der Waals surface area contributed by atoms with Crippen LogP contribution in [0.4, 0.5) is 5.69 Å². The lowest BCUT2D eigenvalue weighted by molar-refractivity contribution is -0.115. The highest BCUT2D eigenvalue weighted by atomic mass is 35.5. The Labute approximate surface area is 220 Å². The maximum Gasteiger partial charge on any atom is 0.261 e. The van der Waals surface area contributed by atoms with Gasteiger partial charge in [0.05, 0.1) is 17.4 Å².